The zero-order valence-corrected chi connectivity index (χ0v) is 10.5. The van der Waals surface area contributed by atoms with Crippen molar-refractivity contribution >= 4 is 17.7 Å². The molecular formula is C16H15NO2. The Morgan fingerprint density at radius 3 is 2.58 bits per heavy atom. The normalized spacial score (nSPS) is 9.89. The van der Waals surface area contributed by atoms with Crippen molar-refractivity contribution in [1.29, 1.82) is 0 Å². The molecule has 0 saturated heterocycles. The minimum Gasteiger partial charge on any atom is -0.478 e. The van der Waals surface area contributed by atoms with E-state index >= 15 is 0 Å². The molecule has 0 aromatic heterocycles. The van der Waals surface area contributed by atoms with Crippen LogP contribution in [-0.2, 0) is 6.54 Å². The number of carboxylic acid groups (broad SMARTS) is 1. The van der Waals surface area contributed by atoms with Gasteiger partial charge in [-0.05, 0) is 23.3 Å². The van der Waals surface area contributed by atoms with Crippen LogP contribution in [0.3, 0.4) is 0 Å². The quantitative estimate of drug-likeness (QED) is 0.855. The summed E-state index contributed by atoms with van der Waals surface area (Å²) in [4.78, 5) is 11.1. The first kappa shape index (κ1) is 12.9. The molecule has 0 radical (unpaired) electrons. The van der Waals surface area contributed by atoms with Gasteiger partial charge in [-0.2, -0.15) is 0 Å². The summed E-state index contributed by atoms with van der Waals surface area (Å²) in [6.45, 7) is 4.33. The fourth-order valence-electron chi connectivity index (χ4n) is 1.91. The molecule has 0 amide bonds. The lowest BCUT2D eigenvalue weighted by molar-refractivity contribution is 0.0698. The van der Waals surface area contributed by atoms with Gasteiger partial charge in [0.05, 0.1) is 5.56 Å². The molecule has 0 spiro atoms. The van der Waals surface area contributed by atoms with Crippen molar-refractivity contribution in [1.82, 2.24) is 0 Å². The first-order chi connectivity index (χ1) is 9.22. The Bertz CT molecular complexity index is 605. The van der Waals surface area contributed by atoms with E-state index in [1.807, 2.05) is 30.3 Å². The van der Waals surface area contributed by atoms with Crippen molar-refractivity contribution in [2.45, 2.75) is 6.54 Å². The first-order valence-corrected chi connectivity index (χ1v) is 5.99. The SMILES string of the molecule is C=Cc1ccccc1CNc1ccccc1C(=O)O. The van der Waals surface area contributed by atoms with Crippen molar-refractivity contribution in [3.8, 4) is 0 Å². The van der Waals surface area contributed by atoms with Gasteiger partial charge in [0.25, 0.3) is 0 Å². The fraction of sp³-hybridized carbons (Fsp3) is 0.0625. The van der Waals surface area contributed by atoms with Crippen LogP contribution in [0, 0.1) is 0 Å². The molecule has 2 N–H and O–H groups in total. The summed E-state index contributed by atoms with van der Waals surface area (Å²) in [6, 6.07) is 14.8. The molecule has 0 saturated carbocycles. The van der Waals surface area contributed by atoms with Gasteiger partial charge in [0.2, 0.25) is 0 Å². The van der Waals surface area contributed by atoms with Gasteiger partial charge in [-0.3, -0.25) is 0 Å². The smallest absolute Gasteiger partial charge is 0.337 e. The Morgan fingerprint density at radius 2 is 1.84 bits per heavy atom. The van der Waals surface area contributed by atoms with E-state index in [2.05, 4.69) is 11.9 Å². The van der Waals surface area contributed by atoms with Gasteiger partial charge in [0.1, 0.15) is 0 Å². The number of nitrogens with one attached hydrogen (secondary N) is 1. The number of hydrogen-bond acceptors (Lipinski definition) is 2. The molecule has 0 atom stereocenters. The maximum Gasteiger partial charge on any atom is 0.337 e. The minimum absolute atomic E-state index is 0.276. The van der Waals surface area contributed by atoms with E-state index in [-0.39, 0.29) is 5.56 Å². The number of carbonyl (C=O) groups is 1. The zero-order valence-electron chi connectivity index (χ0n) is 10.5. The van der Waals surface area contributed by atoms with Crippen molar-refractivity contribution < 1.29 is 9.90 Å². The van der Waals surface area contributed by atoms with E-state index in [0.717, 1.165) is 11.1 Å². The van der Waals surface area contributed by atoms with E-state index in [1.165, 1.54) is 0 Å². The molecule has 96 valence electrons. The zero-order chi connectivity index (χ0) is 13.7. The number of hydrogen-bond donors (Lipinski definition) is 2. The van der Waals surface area contributed by atoms with Crippen LogP contribution in [0.15, 0.2) is 55.1 Å². The molecule has 0 bridgehead atoms. The van der Waals surface area contributed by atoms with Crippen molar-refractivity contribution in [2.24, 2.45) is 0 Å². The number of benzene rings is 2. The summed E-state index contributed by atoms with van der Waals surface area (Å²) in [5.74, 6) is -0.930. The van der Waals surface area contributed by atoms with Crippen molar-refractivity contribution in [2.75, 3.05) is 5.32 Å². The average molecular weight is 253 g/mol. The molecule has 2 aromatic rings. The van der Waals surface area contributed by atoms with Crippen LogP contribution in [0.25, 0.3) is 6.08 Å². The summed E-state index contributed by atoms with van der Waals surface area (Å²) in [5.41, 5.74) is 3.02. The van der Waals surface area contributed by atoms with Crippen LogP contribution in [0.2, 0.25) is 0 Å². The average Bonchev–Trinajstić information content (AvgIpc) is 2.45. The second-order valence-electron chi connectivity index (χ2n) is 4.11. The molecule has 2 rings (SSSR count). The molecule has 0 aliphatic heterocycles. The van der Waals surface area contributed by atoms with Crippen LogP contribution < -0.4 is 5.32 Å². The summed E-state index contributed by atoms with van der Waals surface area (Å²) in [6.07, 6.45) is 1.79. The van der Waals surface area contributed by atoms with Crippen LogP contribution in [0.4, 0.5) is 5.69 Å². The lowest BCUT2D eigenvalue weighted by Gasteiger charge is -2.11. The number of carboxylic acids is 1. The largest absolute Gasteiger partial charge is 0.478 e. The summed E-state index contributed by atoms with van der Waals surface area (Å²) in [5, 5.41) is 12.3. The van der Waals surface area contributed by atoms with Gasteiger partial charge in [0.15, 0.2) is 0 Å². The Hall–Kier alpha value is -2.55. The highest BCUT2D eigenvalue weighted by atomic mass is 16.4. The Kier molecular flexibility index (Phi) is 3.98. The fourth-order valence-corrected chi connectivity index (χ4v) is 1.91. The highest BCUT2D eigenvalue weighted by molar-refractivity contribution is 5.94. The Morgan fingerprint density at radius 1 is 1.16 bits per heavy atom. The topological polar surface area (TPSA) is 49.3 Å². The number of para-hydroxylation sites is 1. The van der Waals surface area contributed by atoms with E-state index in [9.17, 15) is 4.79 Å². The maximum atomic E-state index is 11.1. The Balaban J connectivity index is 2.19. The third-order valence-electron chi connectivity index (χ3n) is 2.90. The molecule has 0 heterocycles. The lowest BCUT2D eigenvalue weighted by atomic mass is 10.1. The van der Waals surface area contributed by atoms with E-state index in [1.54, 1.807) is 24.3 Å². The summed E-state index contributed by atoms with van der Waals surface area (Å²) in [7, 11) is 0. The van der Waals surface area contributed by atoms with Crippen LogP contribution in [0.1, 0.15) is 21.5 Å². The predicted molar refractivity (Wildman–Crippen MR) is 77.3 cm³/mol. The monoisotopic (exact) mass is 253 g/mol. The van der Waals surface area contributed by atoms with E-state index < -0.39 is 5.97 Å². The molecular weight excluding hydrogens is 238 g/mol. The number of aromatic carboxylic acids is 1. The van der Waals surface area contributed by atoms with E-state index in [4.69, 9.17) is 5.11 Å². The first-order valence-electron chi connectivity index (χ1n) is 5.99. The van der Waals surface area contributed by atoms with Gasteiger partial charge in [0, 0.05) is 12.2 Å². The third-order valence-corrected chi connectivity index (χ3v) is 2.90. The molecule has 19 heavy (non-hydrogen) atoms. The highest BCUT2D eigenvalue weighted by Crippen LogP contribution is 2.17. The molecule has 0 aliphatic rings. The van der Waals surface area contributed by atoms with Gasteiger partial charge >= 0.3 is 5.97 Å². The van der Waals surface area contributed by atoms with Gasteiger partial charge in [-0.15, -0.1) is 0 Å². The molecule has 0 unspecified atom stereocenters. The second-order valence-corrected chi connectivity index (χ2v) is 4.11. The maximum absolute atomic E-state index is 11.1. The predicted octanol–water partition coefficient (Wildman–Crippen LogP) is 3.64. The standard InChI is InChI=1S/C16H15NO2/c1-2-12-7-3-4-8-13(12)11-17-15-10-6-5-9-14(15)16(18)19/h2-10,17H,1,11H2,(H,18,19). The van der Waals surface area contributed by atoms with Gasteiger partial charge in [-0.25, -0.2) is 4.79 Å². The molecule has 3 nitrogen and oxygen atoms in total. The third kappa shape index (κ3) is 3.01. The Labute approximate surface area is 112 Å². The second kappa shape index (κ2) is 5.87. The number of rotatable bonds is 5. The van der Waals surface area contributed by atoms with Crippen LogP contribution >= 0.6 is 0 Å². The van der Waals surface area contributed by atoms with Gasteiger partial charge < -0.3 is 10.4 Å². The molecule has 0 aliphatic carbocycles. The molecule has 3 heteroatoms. The van der Waals surface area contributed by atoms with E-state index in [0.29, 0.717) is 12.2 Å². The lowest BCUT2D eigenvalue weighted by Crippen LogP contribution is -2.06. The molecule has 0 fully saturated rings. The minimum atomic E-state index is -0.930. The highest BCUT2D eigenvalue weighted by Gasteiger charge is 2.08. The van der Waals surface area contributed by atoms with Crippen LogP contribution in [-0.4, -0.2) is 11.1 Å². The van der Waals surface area contributed by atoms with Crippen LogP contribution in [0.5, 0.6) is 0 Å². The number of anilines is 1. The summed E-state index contributed by atoms with van der Waals surface area (Å²) < 4.78 is 0. The molecule has 2 aromatic carbocycles. The summed E-state index contributed by atoms with van der Waals surface area (Å²) >= 11 is 0. The van der Waals surface area contributed by atoms with Crippen molar-refractivity contribution in [3.05, 3.63) is 71.8 Å². The van der Waals surface area contributed by atoms with Crippen molar-refractivity contribution in [3.63, 3.8) is 0 Å². The van der Waals surface area contributed by atoms with Gasteiger partial charge in [-0.1, -0.05) is 49.1 Å².